The number of rotatable bonds is 3. The lowest BCUT2D eigenvalue weighted by Crippen LogP contribution is -1.89. The maximum absolute atomic E-state index is 5.32. The SMILES string of the molecule is COc1ccc(-c2ncc(Br)s2)c(OC)c1. The molecule has 0 radical (unpaired) electrons. The largest absolute Gasteiger partial charge is 0.497 e. The Balaban J connectivity index is 2.48. The van der Waals surface area contributed by atoms with Crippen molar-refractivity contribution >= 4 is 27.3 Å². The van der Waals surface area contributed by atoms with Crippen LogP contribution in [-0.2, 0) is 0 Å². The van der Waals surface area contributed by atoms with E-state index in [1.165, 1.54) is 0 Å². The molecule has 2 aromatic rings. The van der Waals surface area contributed by atoms with Crippen LogP contribution < -0.4 is 9.47 Å². The van der Waals surface area contributed by atoms with Crippen LogP contribution in [0.4, 0.5) is 0 Å². The normalized spacial score (nSPS) is 10.2. The van der Waals surface area contributed by atoms with Gasteiger partial charge >= 0.3 is 0 Å². The van der Waals surface area contributed by atoms with Crippen LogP contribution in [0.15, 0.2) is 28.2 Å². The summed E-state index contributed by atoms with van der Waals surface area (Å²) in [5, 5.41) is 0.923. The second-order valence-electron chi connectivity index (χ2n) is 3.04. The number of halogens is 1. The van der Waals surface area contributed by atoms with Crippen molar-refractivity contribution in [3.63, 3.8) is 0 Å². The monoisotopic (exact) mass is 299 g/mol. The number of ether oxygens (including phenoxy) is 2. The molecular weight excluding hydrogens is 290 g/mol. The Morgan fingerprint density at radius 1 is 1.25 bits per heavy atom. The van der Waals surface area contributed by atoms with Gasteiger partial charge in [0.2, 0.25) is 0 Å². The van der Waals surface area contributed by atoms with E-state index >= 15 is 0 Å². The molecular formula is C11H10BrNO2S. The molecule has 3 nitrogen and oxygen atoms in total. The van der Waals surface area contributed by atoms with E-state index in [0.717, 1.165) is 25.9 Å². The van der Waals surface area contributed by atoms with Crippen LogP contribution in [0.1, 0.15) is 0 Å². The van der Waals surface area contributed by atoms with Crippen molar-refractivity contribution in [2.45, 2.75) is 0 Å². The number of aromatic nitrogens is 1. The first kappa shape index (κ1) is 11.4. The van der Waals surface area contributed by atoms with Gasteiger partial charge in [-0.1, -0.05) is 0 Å². The zero-order valence-corrected chi connectivity index (χ0v) is 11.3. The number of nitrogens with zero attached hydrogens (tertiary/aromatic N) is 1. The molecule has 2 rings (SSSR count). The van der Waals surface area contributed by atoms with E-state index in [2.05, 4.69) is 20.9 Å². The number of thiazole rings is 1. The molecule has 0 saturated heterocycles. The molecule has 0 amide bonds. The van der Waals surface area contributed by atoms with Crippen LogP contribution in [-0.4, -0.2) is 19.2 Å². The highest BCUT2D eigenvalue weighted by molar-refractivity contribution is 9.11. The topological polar surface area (TPSA) is 31.4 Å². The maximum atomic E-state index is 5.32. The Kier molecular flexibility index (Phi) is 3.46. The zero-order valence-electron chi connectivity index (χ0n) is 8.86. The molecule has 0 saturated carbocycles. The van der Waals surface area contributed by atoms with Gasteiger partial charge in [0, 0.05) is 6.07 Å². The second kappa shape index (κ2) is 4.84. The Morgan fingerprint density at radius 2 is 2.06 bits per heavy atom. The molecule has 0 N–H and O–H groups in total. The fourth-order valence-corrected chi connectivity index (χ4v) is 2.59. The van der Waals surface area contributed by atoms with Gasteiger partial charge in [0.25, 0.3) is 0 Å². The van der Waals surface area contributed by atoms with E-state index < -0.39 is 0 Å². The van der Waals surface area contributed by atoms with E-state index in [-0.39, 0.29) is 0 Å². The predicted octanol–water partition coefficient (Wildman–Crippen LogP) is 3.59. The van der Waals surface area contributed by atoms with Crippen LogP contribution >= 0.6 is 27.3 Å². The molecule has 1 aromatic heterocycles. The smallest absolute Gasteiger partial charge is 0.132 e. The number of hydrogen-bond donors (Lipinski definition) is 0. The summed E-state index contributed by atoms with van der Waals surface area (Å²) in [7, 11) is 3.27. The van der Waals surface area contributed by atoms with Crippen LogP contribution in [0.2, 0.25) is 0 Å². The minimum Gasteiger partial charge on any atom is -0.497 e. The first-order chi connectivity index (χ1) is 7.74. The summed E-state index contributed by atoms with van der Waals surface area (Å²) >= 11 is 4.96. The van der Waals surface area contributed by atoms with Crippen molar-refractivity contribution in [2.75, 3.05) is 14.2 Å². The molecule has 0 bridgehead atoms. The molecule has 5 heteroatoms. The van der Waals surface area contributed by atoms with E-state index in [4.69, 9.17) is 9.47 Å². The lowest BCUT2D eigenvalue weighted by atomic mass is 10.2. The lowest BCUT2D eigenvalue weighted by molar-refractivity contribution is 0.395. The van der Waals surface area contributed by atoms with Crippen molar-refractivity contribution in [3.05, 3.63) is 28.2 Å². The Bertz CT molecular complexity index is 498. The third-order valence-corrected chi connectivity index (χ3v) is 3.63. The lowest BCUT2D eigenvalue weighted by Gasteiger charge is -2.07. The Labute approximate surface area is 106 Å². The molecule has 84 valence electrons. The Hall–Kier alpha value is -1.07. The van der Waals surface area contributed by atoms with Crippen molar-refractivity contribution < 1.29 is 9.47 Å². The second-order valence-corrected chi connectivity index (χ2v) is 5.45. The summed E-state index contributed by atoms with van der Waals surface area (Å²) in [5.41, 5.74) is 0.971. The summed E-state index contributed by atoms with van der Waals surface area (Å²) in [6, 6.07) is 5.70. The number of methoxy groups -OCH3 is 2. The Morgan fingerprint density at radius 3 is 2.62 bits per heavy atom. The zero-order chi connectivity index (χ0) is 11.5. The molecule has 0 spiro atoms. The molecule has 1 aromatic carbocycles. The van der Waals surface area contributed by atoms with Gasteiger partial charge in [-0.25, -0.2) is 4.98 Å². The summed E-state index contributed by atoms with van der Waals surface area (Å²) in [6.45, 7) is 0. The first-order valence-corrected chi connectivity index (χ1v) is 6.19. The number of benzene rings is 1. The van der Waals surface area contributed by atoms with Crippen LogP contribution in [0.5, 0.6) is 11.5 Å². The van der Waals surface area contributed by atoms with Crippen molar-refractivity contribution in [3.8, 4) is 22.1 Å². The van der Waals surface area contributed by atoms with E-state index in [9.17, 15) is 0 Å². The molecule has 0 fully saturated rings. The van der Waals surface area contributed by atoms with Gasteiger partial charge in [0.15, 0.2) is 0 Å². The molecule has 0 unspecified atom stereocenters. The molecule has 0 aliphatic rings. The summed E-state index contributed by atoms with van der Waals surface area (Å²) < 4.78 is 11.5. The van der Waals surface area contributed by atoms with Gasteiger partial charge in [-0.3, -0.25) is 0 Å². The van der Waals surface area contributed by atoms with Crippen LogP contribution in [0.25, 0.3) is 10.6 Å². The van der Waals surface area contributed by atoms with Gasteiger partial charge < -0.3 is 9.47 Å². The van der Waals surface area contributed by atoms with Gasteiger partial charge in [0.1, 0.15) is 16.5 Å². The van der Waals surface area contributed by atoms with Gasteiger partial charge in [-0.05, 0) is 28.1 Å². The van der Waals surface area contributed by atoms with Crippen molar-refractivity contribution in [2.24, 2.45) is 0 Å². The van der Waals surface area contributed by atoms with Crippen LogP contribution in [0.3, 0.4) is 0 Å². The minimum atomic E-state index is 0.765. The van der Waals surface area contributed by atoms with E-state index in [1.54, 1.807) is 31.8 Å². The highest BCUT2D eigenvalue weighted by Crippen LogP contribution is 2.36. The van der Waals surface area contributed by atoms with Crippen LogP contribution in [0, 0.1) is 0 Å². The van der Waals surface area contributed by atoms with Crippen molar-refractivity contribution in [1.29, 1.82) is 0 Å². The third kappa shape index (κ3) is 2.20. The first-order valence-electron chi connectivity index (χ1n) is 4.58. The minimum absolute atomic E-state index is 0.765. The molecule has 1 heterocycles. The predicted molar refractivity (Wildman–Crippen MR) is 68.4 cm³/mol. The van der Waals surface area contributed by atoms with Crippen molar-refractivity contribution in [1.82, 2.24) is 4.98 Å². The average molecular weight is 300 g/mol. The highest BCUT2D eigenvalue weighted by Gasteiger charge is 2.10. The molecule has 0 atom stereocenters. The van der Waals surface area contributed by atoms with E-state index in [1.807, 2.05) is 18.2 Å². The summed E-state index contributed by atoms with van der Waals surface area (Å²) in [5.74, 6) is 1.54. The fourth-order valence-electron chi connectivity index (χ4n) is 1.35. The molecule has 0 aliphatic heterocycles. The molecule has 16 heavy (non-hydrogen) atoms. The van der Waals surface area contributed by atoms with Gasteiger partial charge in [0.05, 0.1) is 29.8 Å². The fraction of sp³-hybridized carbons (Fsp3) is 0.182. The quantitative estimate of drug-likeness (QED) is 0.868. The molecule has 0 aliphatic carbocycles. The average Bonchev–Trinajstić information content (AvgIpc) is 2.74. The number of hydrogen-bond acceptors (Lipinski definition) is 4. The third-order valence-electron chi connectivity index (χ3n) is 2.12. The van der Waals surface area contributed by atoms with Gasteiger partial charge in [-0.15, -0.1) is 11.3 Å². The highest BCUT2D eigenvalue weighted by atomic mass is 79.9. The standard InChI is InChI=1S/C11H10BrNO2S/c1-14-7-3-4-8(9(5-7)15-2)11-13-6-10(12)16-11/h3-6H,1-2H3. The maximum Gasteiger partial charge on any atom is 0.132 e. The van der Waals surface area contributed by atoms with Gasteiger partial charge in [-0.2, -0.15) is 0 Å². The van der Waals surface area contributed by atoms with E-state index in [0.29, 0.717) is 0 Å². The summed E-state index contributed by atoms with van der Waals surface area (Å²) in [4.78, 5) is 4.30. The summed E-state index contributed by atoms with van der Waals surface area (Å²) in [6.07, 6.45) is 1.78.